The third-order valence-electron chi connectivity index (χ3n) is 3.33. The topological polar surface area (TPSA) is 60.9 Å². The van der Waals surface area contributed by atoms with Crippen LogP contribution < -0.4 is 0 Å². The monoisotopic (exact) mass is 304 g/mol. The quantitative estimate of drug-likeness (QED) is 0.866. The van der Waals surface area contributed by atoms with Crippen LogP contribution in [0.1, 0.15) is 11.8 Å². The second-order valence-corrected chi connectivity index (χ2v) is 7.88. The van der Waals surface area contributed by atoms with Gasteiger partial charge in [0.1, 0.15) is 4.21 Å². The molecule has 108 valence electrons. The molecule has 0 atom stereocenters. The van der Waals surface area contributed by atoms with Gasteiger partial charge in [-0.1, -0.05) is 6.92 Å². The molecule has 0 radical (unpaired) electrons. The average Bonchev–Trinajstić information content (AvgIpc) is 2.89. The molecule has 0 amide bonds. The molecule has 0 aliphatic carbocycles. The van der Waals surface area contributed by atoms with Gasteiger partial charge in [0.05, 0.1) is 6.61 Å². The van der Waals surface area contributed by atoms with Crippen LogP contribution in [-0.2, 0) is 16.4 Å². The predicted octanol–water partition coefficient (Wildman–Crippen LogP) is 0.609. The Labute approximate surface area is 118 Å². The summed E-state index contributed by atoms with van der Waals surface area (Å²) in [5.41, 5.74) is 0. The maximum atomic E-state index is 12.4. The summed E-state index contributed by atoms with van der Waals surface area (Å²) in [6.07, 6.45) is 0.866. The molecule has 1 aliphatic rings. The van der Waals surface area contributed by atoms with Gasteiger partial charge in [-0.05, 0) is 18.6 Å². The SMILES string of the molecule is CCc1ccc(S(=O)(=O)N2CCN(CCO)CC2)s1. The first kappa shape index (κ1) is 14.9. The Kier molecular flexibility index (Phi) is 4.97. The fourth-order valence-electron chi connectivity index (χ4n) is 2.15. The number of thiophene rings is 1. The first-order valence-electron chi connectivity index (χ1n) is 6.50. The number of nitrogens with zero attached hydrogens (tertiary/aromatic N) is 2. The van der Waals surface area contributed by atoms with Crippen molar-refractivity contribution >= 4 is 21.4 Å². The number of β-amino-alcohol motifs (C(OH)–C–C–N with tert-alkyl or cyclic N) is 1. The molecule has 1 aromatic rings. The molecule has 2 rings (SSSR count). The molecular formula is C12H20N2O3S2. The minimum Gasteiger partial charge on any atom is -0.395 e. The highest BCUT2D eigenvalue weighted by atomic mass is 32.2. The number of sulfonamides is 1. The third-order valence-corrected chi connectivity index (χ3v) is 6.92. The van der Waals surface area contributed by atoms with Crippen LogP contribution in [0.25, 0.3) is 0 Å². The molecule has 1 N–H and O–H groups in total. The van der Waals surface area contributed by atoms with Gasteiger partial charge in [-0.15, -0.1) is 11.3 Å². The van der Waals surface area contributed by atoms with E-state index in [1.54, 1.807) is 10.4 Å². The molecule has 1 saturated heterocycles. The van der Waals surface area contributed by atoms with Gasteiger partial charge in [-0.3, -0.25) is 4.90 Å². The molecule has 19 heavy (non-hydrogen) atoms. The van der Waals surface area contributed by atoms with E-state index in [1.165, 1.54) is 11.3 Å². The molecule has 5 nitrogen and oxygen atoms in total. The van der Waals surface area contributed by atoms with Crippen molar-refractivity contribution in [1.82, 2.24) is 9.21 Å². The first-order chi connectivity index (χ1) is 9.07. The Morgan fingerprint density at radius 1 is 1.26 bits per heavy atom. The molecular weight excluding hydrogens is 284 g/mol. The van der Waals surface area contributed by atoms with Crippen LogP contribution >= 0.6 is 11.3 Å². The Balaban J connectivity index is 2.05. The normalized spacial score (nSPS) is 18.8. The minimum atomic E-state index is -3.33. The van der Waals surface area contributed by atoms with E-state index >= 15 is 0 Å². The van der Waals surface area contributed by atoms with E-state index in [4.69, 9.17) is 5.11 Å². The third kappa shape index (κ3) is 3.35. The summed E-state index contributed by atoms with van der Waals surface area (Å²) in [6, 6.07) is 3.60. The summed E-state index contributed by atoms with van der Waals surface area (Å²) < 4.78 is 26.9. The van der Waals surface area contributed by atoms with Gasteiger partial charge in [0, 0.05) is 37.6 Å². The van der Waals surface area contributed by atoms with Crippen LogP contribution in [0, 0.1) is 0 Å². The lowest BCUT2D eigenvalue weighted by atomic mass is 10.4. The van der Waals surface area contributed by atoms with E-state index in [-0.39, 0.29) is 6.61 Å². The second kappa shape index (κ2) is 6.32. The Morgan fingerprint density at radius 3 is 2.47 bits per heavy atom. The van der Waals surface area contributed by atoms with Gasteiger partial charge in [0.2, 0.25) is 0 Å². The molecule has 7 heteroatoms. The lowest BCUT2D eigenvalue weighted by Gasteiger charge is -2.33. The Hall–Kier alpha value is -0.470. The highest BCUT2D eigenvalue weighted by Gasteiger charge is 2.29. The van der Waals surface area contributed by atoms with Crippen molar-refractivity contribution in [3.8, 4) is 0 Å². The van der Waals surface area contributed by atoms with Gasteiger partial charge in [-0.25, -0.2) is 8.42 Å². The molecule has 0 spiro atoms. The van der Waals surface area contributed by atoms with Crippen LogP contribution in [0.15, 0.2) is 16.3 Å². The van der Waals surface area contributed by atoms with Crippen molar-refractivity contribution in [3.63, 3.8) is 0 Å². The number of piperazine rings is 1. The lowest BCUT2D eigenvalue weighted by Crippen LogP contribution is -2.49. The zero-order chi connectivity index (χ0) is 13.9. The zero-order valence-electron chi connectivity index (χ0n) is 11.1. The fourth-order valence-corrected chi connectivity index (χ4v) is 5.02. The van der Waals surface area contributed by atoms with Gasteiger partial charge in [0.25, 0.3) is 10.0 Å². The molecule has 2 heterocycles. The van der Waals surface area contributed by atoms with Crippen molar-refractivity contribution in [2.75, 3.05) is 39.3 Å². The lowest BCUT2D eigenvalue weighted by molar-refractivity contribution is 0.151. The summed E-state index contributed by atoms with van der Waals surface area (Å²) in [7, 11) is -3.33. The maximum Gasteiger partial charge on any atom is 0.252 e. The maximum absolute atomic E-state index is 12.4. The first-order valence-corrected chi connectivity index (χ1v) is 8.75. The molecule has 0 bridgehead atoms. The van der Waals surface area contributed by atoms with E-state index in [0.717, 1.165) is 11.3 Å². The summed E-state index contributed by atoms with van der Waals surface area (Å²) in [5.74, 6) is 0. The highest BCUT2D eigenvalue weighted by molar-refractivity contribution is 7.91. The van der Waals surface area contributed by atoms with Crippen LogP contribution in [0.3, 0.4) is 0 Å². The standard InChI is InChI=1S/C12H20N2O3S2/c1-2-11-3-4-12(18-11)19(16,17)14-7-5-13(6-8-14)9-10-15/h3-4,15H,2,5-10H2,1H3. The smallest absolute Gasteiger partial charge is 0.252 e. The molecule has 1 fully saturated rings. The summed E-state index contributed by atoms with van der Waals surface area (Å²) in [6.45, 7) is 5.14. The van der Waals surface area contributed by atoms with E-state index in [0.29, 0.717) is 36.9 Å². The van der Waals surface area contributed by atoms with E-state index < -0.39 is 10.0 Å². The predicted molar refractivity (Wildman–Crippen MR) is 76.0 cm³/mol. The van der Waals surface area contributed by atoms with Crippen molar-refractivity contribution < 1.29 is 13.5 Å². The number of rotatable bonds is 5. The van der Waals surface area contributed by atoms with Crippen molar-refractivity contribution in [2.24, 2.45) is 0 Å². The molecule has 1 aliphatic heterocycles. The zero-order valence-corrected chi connectivity index (χ0v) is 12.7. The number of hydrogen-bond acceptors (Lipinski definition) is 5. The largest absolute Gasteiger partial charge is 0.395 e. The number of aryl methyl sites for hydroxylation is 1. The summed E-state index contributed by atoms with van der Waals surface area (Å²) in [4.78, 5) is 3.18. The van der Waals surface area contributed by atoms with E-state index in [2.05, 4.69) is 4.90 Å². The van der Waals surface area contributed by atoms with Crippen LogP contribution in [0.5, 0.6) is 0 Å². The Morgan fingerprint density at radius 2 is 1.95 bits per heavy atom. The molecule has 0 saturated carbocycles. The van der Waals surface area contributed by atoms with E-state index in [9.17, 15) is 8.42 Å². The Bertz CT molecular complexity index is 505. The van der Waals surface area contributed by atoms with Gasteiger partial charge in [-0.2, -0.15) is 4.31 Å². The number of aliphatic hydroxyl groups excluding tert-OH is 1. The highest BCUT2D eigenvalue weighted by Crippen LogP contribution is 2.25. The van der Waals surface area contributed by atoms with Gasteiger partial charge >= 0.3 is 0 Å². The minimum absolute atomic E-state index is 0.123. The van der Waals surface area contributed by atoms with Crippen LogP contribution in [0.2, 0.25) is 0 Å². The molecule has 0 aromatic carbocycles. The van der Waals surface area contributed by atoms with Crippen molar-refractivity contribution in [2.45, 2.75) is 17.6 Å². The molecule has 1 aromatic heterocycles. The van der Waals surface area contributed by atoms with Crippen LogP contribution in [0.4, 0.5) is 0 Å². The van der Waals surface area contributed by atoms with Gasteiger partial charge in [0.15, 0.2) is 0 Å². The van der Waals surface area contributed by atoms with E-state index in [1.807, 2.05) is 13.0 Å². The molecule has 0 unspecified atom stereocenters. The number of hydrogen-bond donors (Lipinski definition) is 1. The number of aliphatic hydroxyl groups is 1. The second-order valence-electron chi connectivity index (χ2n) is 4.54. The summed E-state index contributed by atoms with van der Waals surface area (Å²) >= 11 is 1.36. The fraction of sp³-hybridized carbons (Fsp3) is 0.667. The van der Waals surface area contributed by atoms with Crippen molar-refractivity contribution in [3.05, 3.63) is 17.0 Å². The van der Waals surface area contributed by atoms with Crippen molar-refractivity contribution in [1.29, 1.82) is 0 Å². The average molecular weight is 304 g/mol. The van der Waals surface area contributed by atoms with Crippen LogP contribution in [-0.4, -0.2) is 62.1 Å². The van der Waals surface area contributed by atoms with Gasteiger partial charge < -0.3 is 5.11 Å². The summed E-state index contributed by atoms with van der Waals surface area (Å²) in [5, 5.41) is 8.88.